The van der Waals surface area contributed by atoms with Crippen molar-refractivity contribution in [3.63, 3.8) is 0 Å². The molecule has 11 heteroatoms. The zero-order valence-electron chi connectivity index (χ0n) is 20.8. The van der Waals surface area contributed by atoms with Crippen LogP contribution in [0.25, 0.3) is 10.9 Å². The number of pyridine rings is 1. The summed E-state index contributed by atoms with van der Waals surface area (Å²) in [5, 5.41) is 6.45. The Hall–Kier alpha value is -4.41. The average Bonchev–Trinajstić information content (AvgIpc) is 3.30. The summed E-state index contributed by atoms with van der Waals surface area (Å²) in [5.74, 6) is -1.55. The number of primary amides is 1. The van der Waals surface area contributed by atoms with Gasteiger partial charge in [0.1, 0.15) is 12.1 Å². The van der Waals surface area contributed by atoms with Crippen LogP contribution in [-0.2, 0) is 16.0 Å². The number of aromatic amines is 1. The lowest BCUT2D eigenvalue weighted by Gasteiger charge is -2.41. The highest BCUT2D eigenvalue weighted by Crippen LogP contribution is 2.20. The average molecular weight is 506 g/mol. The topological polar surface area (TPSA) is 154 Å². The van der Waals surface area contributed by atoms with Gasteiger partial charge in [-0.1, -0.05) is 18.2 Å². The van der Waals surface area contributed by atoms with E-state index in [0.717, 1.165) is 16.5 Å². The molecule has 37 heavy (non-hydrogen) atoms. The summed E-state index contributed by atoms with van der Waals surface area (Å²) in [6.07, 6.45) is 4.98. The minimum absolute atomic E-state index is 0.0381. The number of rotatable bonds is 7. The molecule has 5 N–H and O–H groups in total. The van der Waals surface area contributed by atoms with Gasteiger partial charge >= 0.3 is 6.03 Å². The van der Waals surface area contributed by atoms with Gasteiger partial charge in [-0.05, 0) is 37.6 Å². The van der Waals surface area contributed by atoms with Crippen molar-refractivity contribution in [2.75, 3.05) is 19.6 Å². The zero-order valence-corrected chi connectivity index (χ0v) is 20.8. The van der Waals surface area contributed by atoms with E-state index in [9.17, 15) is 19.2 Å². The molecule has 4 rings (SSSR count). The maximum Gasteiger partial charge on any atom is 0.318 e. The number of hydrogen-bond donors (Lipinski definition) is 4. The summed E-state index contributed by atoms with van der Waals surface area (Å²) in [4.78, 5) is 61.9. The molecule has 0 radical (unpaired) electrons. The number of aromatic nitrogens is 2. The number of urea groups is 1. The largest absolute Gasteiger partial charge is 0.368 e. The van der Waals surface area contributed by atoms with Gasteiger partial charge < -0.3 is 31.2 Å². The van der Waals surface area contributed by atoms with Crippen LogP contribution in [0.15, 0.2) is 55.0 Å². The van der Waals surface area contributed by atoms with Crippen LogP contribution in [0.5, 0.6) is 0 Å². The van der Waals surface area contributed by atoms with E-state index in [1.165, 1.54) is 16.0 Å². The number of hydrogen-bond acceptors (Lipinski definition) is 5. The van der Waals surface area contributed by atoms with Crippen molar-refractivity contribution < 1.29 is 19.2 Å². The molecule has 11 nitrogen and oxygen atoms in total. The van der Waals surface area contributed by atoms with Crippen LogP contribution in [0.4, 0.5) is 4.79 Å². The lowest BCUT2D eigenvalue weighted by molar-refractivity contribution is -0.131. The maximum atomic E-state index is 13.5. The number of amides is 5. The van der Waals surface area contributed by atoms with Crippen molar-refractivity contribution in [2.45, 2.75) is 38.4 Å². The van der Waals surface area contributed by atoms with Gasteiger partial charge in [0.25, 0.3) is 5.91 Å². The highest BCUT2D eigenvalue weighted by molar-refractivity contribution is 5.96. The van der Waals surface area contributed by atoms with E-state index in [2.05, 4.69) is 20.6 Å². The number of carbonyl (C=O) groups excluding carboxylic acids is 4. The summed E-state index contributed by atoms with van der Waals surface area (Å²) in [6.45, 7) is 3.99. The Bertz CT molecular complexity index is 1290. The number of nitrogens with two attached hydrogens (primary N) is 1. The molecule has 2 atom stereocenters. The summed E-state index contributed by atoms with van der Waals surface area (Å²) in [7, 11) is 0. The molecule has 1 aromatic carbocycles. The van der Waals surface area contributed by atoms with Crippen molar-refractivity contribution in [3.05, 3.63) is 66.1 Å². The van der Waals surface area contributed by atoms with E-state index < -0.39 is 29.9 Å². The van der Waals surface area contributed by atoms with E-state index in [-0.39, 0.29) is 38.0 Å². The lowest BCUT2D eigenvalue weighted by atomic mass is 10.0. The summed E-state index contributed by atoms with van der Waals surface area (Å²) >= 11 is 0. The van der Waals surface area contributed by atoms with E-state index in [1.54, 1.807) is 24.5 Å². The number of carbonyl (C=O) groups is 4. The third-order valence-electron chi connectivity index (χ3n) is 6.31. The van der Waals surface area contributed by atoms with Crippen LogP contribution in [0.1, 0.15) is 29.8 Å². The Labute approximate surface area is 214 Å². The third kappa shape index (κ3) is 5.88. The molecule has 1 saturated heterocycles. The molecule has 0 saturated carbocycles. The van der Waals surface area contributed by atoms with Gasteiger partial charge in [0, 0.05) is 55.0 Å². The van der Waals surface area contributed by atoms with Crippen LogP contribution in [0.3, 0.4) is 0 Å². The third-order valence-corrected chi connectivity index (χ3v) is 6.31. The molecule has 1 aliphatic heterocycles. The van der Waals surface area contributed by atoms with Gasteiger partial charge in [0.2, 0.25) is 11.8 Å². The van der Waals surface area contributed by atoms with Gasteiger partial charge in [0.05, 0.1) is 12.1 Å². The quantitative estimate of drug-likeness (QED) is 0.378. The van der Waals surface area contributed by atoms with Crippen LogP contribution in [-0.4, -0.2) is 81.3 Å². The van der Waals surface area contributed by atoms with Gasteiger partial charge in [0.15, 0.2) is 0 Å². The molecule has 5 amide bonds. The number of para-hydroxylation sites is 1. The van der Waals surface area contributed by atoms with E-state index in [0.29, 0.717) is 5.56 Å². The van der Waals surface area contributed by atoms with Gasteiger partial charge in [-0.2, -0.15) is 0 Å². The molecule has 1 fully saturated rings. The monoisotopic (exact) mass is 505 g/mol. The molecular formula is C26H31N7O4. The van der Waals surface area contributed by atoms with Crippen molar-refractivity contribution in [2.24, 2.45) is 5.73 Å². The highest BCUT2D eigenvalue weighted by Gasteiger charge is 2.38. The molecule has 1 aliphatic rings. The zero-order chi connectivity index (χ0) is 26.5. The minimum Gasteiger partial charge on any atom is -0.368 e. The van der Waals surface area contributed by atoms with Crippen molar-refractivity contribution in [3.8, 4) is 0 Å². The Morgan fingerprint density at radius 2 is 1.89 bits per heavy atom. The lowest BCUT2D eigenvalue weighted by Crippen LogP contribution is -2.65. The van der Waals surface area contributed by atoms with Crippen LogP contribution in [0.2, 0.25) is 0 Å². The molecule has 0 unspecified atom stereocenters. The summed E-state index contributed by atoms with van der Waals surface area (Å²) < 4.78 is 0. The second-order valence-electron chi connectivity index (χ2n) is 9.33. The Kier molecular flexibility index (Phi) is 7.71. The summed E-state index contributed by atoms with van der Waals surface area (Å²) in [5.41, 5.74) is 7.77. The van der Waals surface area contributed by atoms with E-state index in [4.69, 9.17) is 5.73 Å². The first kappa shape index (κ1) is 25.7. The number of nitrogens with one attached hydrogen (secondary N) is 3. The summed E-state index contributed by atoms with van der Waals surface area (Å²) in [6, 6.07) is 8.33. The van der Waals surface area contributed by atoms with Gasteiger partial charge in [-0.3, -0.25) is 19.4 Å². The van der Waals surface area contributed by atoms with E-state index >= 15 is 0 Å². The second-order valence-corrected chi connectivity index (χ2v) is 9.33. The fraction of sp³-hybridized carbons (Fsp3) is 0.346. The van der Waals surface area contributed by atoms with Gasteiger partial charge in [-0.15, -0.1) is 0 Å². The van der Waals surface area contributed by atoms with Crippen LogP contribution < -0.4 is 16.4 Å². The van der Waals surface area contributed by atoms with Crippen molar-refractivity contribution in [1.29, 1.82) is 0 Å². The van der Waals surface area contributed by atoms with Gasteiger partial charge in [-0.25, -0.2) is 4.79 Å². The Morgan fingerprint density at radius 3 is 2.59 bits per heavy atom. The maximum absolute atomic E-state index is 13.5. The number of piperazine rings is 1. The fourth-order valence-electron chi connectivity index (χ4n) is 4.45. The molecule has 0 aliphatic carbocycles. The minimum atomic E-state index is -1.02. The predicted octanol–water partition coefficient (Wildman–Crippen LogP) is 1.02. The first-order valence-corrected chi connectivity index (χ1v) is 12.2. The predicted molar refractivity (Wildman–Crippen MR) is 137 cm³/mol. The molecule has 194 valence electrons. The number of fused-ring (bicyclic) bond motifs is 1. The molecule has 2 aromatic heterocycles. The standard InChI is InChI=1S/C26H31N7O4/c1-16(2)30-26(37)33-11-10-32(25(36)17-6-5-9-28-13-17)15-22(33)24(35)31-21(23(27)34)12-18-14-29-20-8-4-3-7-19(18)20/h3-9,13-14,16,21-22,29H,10-12,15H2,1-2H3,(H2,27,34)(H,30,37)(H,31,35)/t21-,22+/m1/s1. The Balaban J connectivity index is 1.55. The normalized spacial score (nSPS) is 16.5. The molecule has 3 aromatic rings. The smallest absolute Gasteiger partial charge is 0.318 e. The highest BCUT2D eigenvalue weighted by atomic mass is 16.2. The number of benzene rings is 1. The fourth-order valence-corrected chi connectivity index (χ4v) is 4.45. The second kappa shape index (κ2) is 11.1. The van der Waals surface area contributed by atoms with Crippen LogP contribution in [0, 0.1) is 0 Å². The Morgan fingerprint density at radius 1 is 1.11 bits per heavy atom. The SMILES string of the molecule is CC(C)NC(=O)N1CCN(C(=O)c2cccnc2)C[C@H]1C(=O)N[C@H](Cc1c[nH]c2ccccc12)C(N)=O. The molecular weight excluding hydrogens is 474 g/mol. The van der Waals surface area contributed by atoms with Crippen molar-refractivity contribution in [1.82, 2.24) is 30.4 Å². The first-order valence-electron chi connectivity index (χ1n) is 12.2. The van der Waals surface area contributed by atoms with Crippen molar-refractivity contribution >= 4 is 34.7 Å². The van der Waals surface area contributed by atoms with E-state index in [1.807, 2.05) is 38.1 Å². The van der Waals surface area contributed by atoms with Crippen LogP contribution >= 0.6 is 0 Å². The number of nitrogens with zero attached hydrogens (tertiary/aromatic N) is 3. The first-order chi connectivity index (χ1) is 17.7. The molecule has 0 spiro atoms. The molecule has 3 heterocycles. The molecule has 0 bridgehead atoms. The number of H-pyrrole nitrogens is 1.